The minimum Gasteiger partial charge on any atom is -0.497 e. The van der Waals surface area contributed by atoms with Gasteiger partial charge in [-0.2, -0.15) is 0 Å². The number of ether oxygens (including phenoxy) is 1. The standard InChI is InChI=1S/C22H19N3O2S/c1-13-17-6-4-5-7-18(17)23-14(2)20(13)21(26)25-22-24-19(12-28-22)15-8-10-16(27-3)11-9-15/h4-12H,1-3H3,(H,24,25,26). The highest BCUT2D eigenvalue weighted by Crippen LogP contribution is 2.28. The Kier molecular flexibility index (Phi) is 4.79. The predicted molar refractivity (Wildman–Crippen MR) is 113 cm³/mol. The van der Waals surface area contributed by atoms with Gasteiger partial charge in [-0.15, -0.1) is 11.3 Å². The Labute approximate surface area is 167 Å². The van der Waals surface area contributed by atoms with Gasteiger partial charge in [0, 0.05) is 16.3 Å². The first-order valence-corrected chi connectivity index (χ1v) is 9.72. The van der Waals surface area contributed by atoms with E-state index in [1.807, 2.05) is 67.8 Å². The molecule has 2 aromatic heterocycles. The van der Waals surface area contributed by atoms with Crippen molar-refractivity contribution in [2.24, 2.45) is 0 Å². The lowest BCUT2D eigenvalue weighted by molar-refractivity contribution is 0.102. The number of aryl methyl sites for hydroxylation is 2. The number of pyridine rings is 1. The fourth-order valence-electron chi connectivity index (χ4n) is 3.25. The van der Waals surface area contributed by atoms with Gasteiger partial charge in [-0.3, -0.25) is 15.1 Å². The first-order valence-electron chi connectivity index (χ1n) is 8.84. The second kappa shape index (κ2) is 7.40. The first-order chi connectivity index (χ1) is 13.6. The molecule has 5 nitrogen and oxygen atoms in total. The zero-order valence-electron chi connectivity index (χ0n) is 15.8. The van der Waals surface area contributed by atoms with Crippen LogP contribution in [-0.4, -0.2) is 23.0 Å². The molecule has 0 fully saturated rings. The van der Waals surface area contributed by atoms with Crippen molar-refractivity contribution < 1.29 is 9.53 Å². The number of anilines is 1. The molecular weight excluding hydrogens is 370 g/mol. The summed E-state index contributed by atoms with van der Waals surface area (Å²) >= 11 is 1.40. The van der Waals surface area contributed by atoms with Gasteiger partial charge in [-0.05, 0) is 49.7 Å². The molecule has 1 amide bonds. The average Bonchev–Trinajstić information content (AvgIpc) is 3.16. The number of amides is 1. The van der Waals surface area contributed by atoms with Crippen LogP contribution in [0, 0.1) is 13.8 Å². The van der Waals surface area contributed by atoms with Crippen LogP contribution >= 0.6 is 11.3 Å². The molecule has 0 atom stereocenters. The topological polar surface area (TPSA) is 64.1 Å². The SMILES string of the molecule is COc1ccc(-c2csc(NC(=O)c3c(C)nc4ccccc4c3C)n2)cc1. The van der Waals surface area contributed by atoms with E-state index in [0.29, 0.717) is 16.4 Å². The average molecular weight is 389 g/mol. The summed E-state index contributed by atoms with van der Waals surface area (Å²) in [7, 11) is 1.64. The highest BCUT2D eigenvalue weighted by molar-refractivity contribution is 7.14. The molecule has 0 saturated carbocycles. The lowest BCUT2D eigenvalue weighted by Gasteiger charge is -2.11. The van der Waals surface area contributed by atoms with Crippen LogP contribution in [0.4, 0.5) is 5.13 Å². The second-order valence-electron chi connectivity index (χ2n) is 6.43. The summed E-state index contributed by atoms with van der Waals surface area (Å²) in [6.07, 6.45) is 0. The van der Waals surface area contributed by atoms with E-state index in [4.69, 9.17) is 4.74 Å². The van der Waals surface area contributed by atoms with Crippen molar-refractivity contribution in [1.82, 2.24) is 9.97 Å². The van der Waals surface area contributed by atoms with E-state index in [1.165, 1.54) is 11.3 Å². The third kappa shape index (κ3) is 3.34. The maximum atomic E-state index is 12.9. The fourth-order valence-corrected chi connectivity index (χ4v) is 3.97. The zero-order chi connectivity index (χ0) is 19.7. The van der Waals surface area contributed by atoms with Crippen molar-refractivity contribution >= 4 is 33.3 Å². The van der Waals surface area contributed by atoms with Gasteiger partial charge in [0.1, 0.15) is 5.75 Å². The van der Waals surface area contributed by atoms with Crippen molar-refractivity contribution in [3.8, 4) is 17.0 Å². The number of fused-ring (bicyclic) bond motifs is 1. The van der Waals surface area contributed by atoms with E-state index < -0.39 is 0 Å². The molecule has 28 heavy (non-hydrogen) atoms. The number of thiazole rings is 1. The minimum absolute atomic E-state index is 0.191. The molecule has 0 spiro atoms. The van der Waals surface area contributed by atoms with Crippen molar-refractivity contribution in [1.29, 1.82) is 0 Å². The van der Waals surface area contributed by atoms with Crippen molar-refractivity contribution in [3.63, 3.8) is 0 Å². The number of benzene rings is 2. The van der Waals surface area contributed by atoms with Gasteiger partial charge < -0.3 is 4.74 Å². The van der Waals surface area contributed by atoms with Crippen LogP contribution in [0.2, 0.25) is 0 Å². The second-order valence-corrected chi connectivity index (χ2v) is 7.29. The molecule has 0 saturated heterocycles. The van der Waals surface area contributed by atoms with Crippen molar-refractivity contribution in [2.45, 2.75) is 13.8 Å². The number of hydrogen-bond acceptors (Lipinski definition) is 5. The third-order valence-electron chi connectivity index (χ3n) is 4.67. The van der Waals surface area contributed by atoms with Crippen LogP contribution in [0.15, 0.2) is 53.9 Å². The summed E-state index contributed by atoms with van der Waals surface area (Å²) in [6.45, 7) is 3.82. The number of para-hydroxylation sites is 1. The molecule has 0 aliphatic heterocycles. The third-order valence-corrected chi connectivity index (χ3v) is 5.43. The summed E-state index contributed by atoms with van der Waals surface area (Å²) in [5, 5.41) is 6.39. The lowest BCUT2D eigenvalue weighted by atomic mass is 10.0. The molecule has 1 N–H and O–H groups in total. The highest BCUT2D eigenvalue weighted by atomic mass is 32.1. The Bertz CT molecular complexity index is 1170. The smallest absolute Gasteiger partial charge is 0.259 e. The zero-order valence-corrected chi connectivity index (χ0v) is 16.6. The molecule has 0 aliphatic carbocycles. The van der Waals surface area contributed by atoms with E-state index in [1.54, 1.807) is 7.11 Å². The molecule has 0 radical (unpaired) electrons. The van der Waals surface area contributed by atoms with Gasteiger partial charge in [0.2, 0.25) is 0 Å². The molecule has 0 bridgehead atoms. The molecular formula is C22H19N3O2S. The van der Waals surface area contributed by atoms with E-state index in [2.05, 4.69) is 15.3 Å². The summed E-state index contributed by atoms with van der Waals surface area (Å²) in [5.41, 5.74) is 4.91. The number of carbonyl (C=O) groups is 1. The van der Waals surface area contributed by atoms with E-state index in [9.17, 15) is 4.79 Å². The Hall–Kier alpha value is -3.25. The van der Waals surface area contributed by atoms with Crippen LogP contribution in [0.3, 0.4) is 0 Å². The quantitative estimate of drug-likeness (QED) is 0.519. The normalized spacial score (nSPS) is 10.8. The van der Waals surface area contributed by atoms with E-state index in [0.717, 1.165) is 33.5 Å². The number of nitrogens with one attached hydrogen (secondary N) is 1. The van der Waals surface area contributed by atoms with Crippen LogP contribution < -0.4 is 10.1 Å². The molecule has 0 unspecified atom stereocenters. The molecule has 4 aromatic rings. The molecule has 2 aromatic carbocycles. The number of hydrogen-bond donors (Lipinski definition) is 1. The molecule has 2 heterocycles. The van der Waals surface area contributed by atoms with Crippen LogP contribution in [0.5, 0.6) is 5.75 Å². The molecule has 4 rings (SSSR count). The predicted octanol–water partition coefficient (Wildman–Crippen LogP) is 5.24. The minimum atomic E-state index is -0.191. The highest BCUT2D eigenvalue weighted by Gasteiger charge is 2.17. The number of carbonyl (C=O) groups excluding carboxylic acids is 1. The van der Waals surface area contributed by atoms with Crippen molar-refractivity contribution in [3.05, 3.63) is 70.7 Å². The number of rotatable bonds is 4. The van der Waals surface area contributed by atoms with Gasteiger partial charge in [0.25, 0.3) is 5.91 Å². The van der Waals surface area contributed by atoms with Gasteiger partial charge in [0.05, 0.1) is 29.6 Å². The van der Waals surface area contributed by atoms with Crippen LogP contribution in [-0.2, 0) is 0 Å². The Morgan fingerprint density at radius 1 is 1.04 bits per heavy atom. The summed E-state index contributed by atoms with van der Waals surface area (Å²) < 4.78 is 5.18. The Morgan fingerprint density at radius 2 is 1.79 bits per heavy atom. The fraction of sp³-hybridized carbons (Fsp3) is 0.136. The Morgan fingerprint density at radius 3 is 2.54 bits per heavy atom. The molecule has 140 valence electrons. The summed E-state index contributed by atoms with van der Waals surface area (Å²) in [6, 6.07) is 15.5. The van der Waals surface area contributed by atoms with Gasteiger partial charge in [-0.1, -0.05) is 18.2 Å². The van der Waals surface area contributed by atoms with Crippen LogP contribution in [0.25, 0.3) is 22.2 Å². The lowest BCUT2D eigenvalue weighted by Crippen LogP contribution is -2.16. The maximum absolute atomic E-state index is 12.9. The summed E-state index contributed by atoms with van der Waals surface area (Å²) in [5.74, 6) is 0.603. The largest absolute Gasteiger partial charge is 0.497 e. The van der Waals surface area contributed by atoms with E-state index >= 15 is 0 Å². The summed E-state index contributed by atoms with van der Waals surface area (Å²) in [4.78, 5) is 22.1. The number of nitrogens with zero attached hydrogens (tertiary/aromatic N) is 2. The monoisotopic (exact) mass is 389 g/mol. The van der Waals surface area contributed by atoms with Crippen LogP contribution in [0.1, 0.15) is 21.6 Å². The van der Waals surface area contributed by atoms with Gasteiger partial charge >= 0.3 is 0 Å². The van der Waals surface area contributed by atoms with Gasteiger partial charge in [0.15, 0.2) is 5.13 Å². The first kappa shape index (κ1) is 18.1. The number of aromatic nitrogens is 2. The Balaban J connectivity index is 1.61. The van der Waals surface area contributed by atoms with Crippen molar-refractivity contribution in [2.75, 3.05) is 12.4 Å². The number of methoxy groups -OCH3 is 1. The van der Waals surface area contributed by atoms with E-state index in [-0.39, 0.29) is 5.91 Å². The molecule has 0 aliphatic rings. The molecule has 6 heteroatoms. The van der Waals surface area contributed by atoms with Gasteiger partial charge in [-0.25, -0.2) is 4.98 Å². The maximum Gasteiger partial charge on any atom is 0.259 e.